The van der Waals surface area contributed by atoms with Crippen molar-refractivity contribution in [2.45, 2.75) is 13.5 Å². The third-order valence-electron chi connectivity index (χ3n) is 4.43. The van der Waals surface area contributed by atoms with E-state index in [4.69, 9.17) is 4.74 Å². The van der Waals surface area contributed by atoms with Crippen LogP contribution in [0, 0.1) is 6.92 Å². The molecule has 2 heterocycles. The number of methoxy groups -OCH3 is 1. The van der Waals surface area contributed by atoms with E-state index in [0.717, 1.165) is 44.0 Å². The van der Waals surface area contributed by atoms with Gasteiger partial charge in [-0.1, -0.05) is 12.1 Å². The normalized spacial score (nSPS) is 15.3. The minimum absolute atomic E-state index is 0.0723. The summed E-state index contributed by atoms with van der Waals surface area (Å²) in [4.78, 5) is 20.8. The summed E-state index contributed by atoms with van der Waals surface area (Å²) in [6.07, 6.45) is 3.32. The summed E-state index contributed by atoms with van der Waals surface area (Å²) in [5.41, 5.74) is 3.09. The lowest BCUT2D eigenvalue weighted by Crippen LogP contribution is -2.48. The van der Waals surface area contributed by atoms with Crippen LogP contribution < -0.4 is 4.74 Å². The summed E-state index contributed by atoms with van der Waals surface area (Å²) in [7, 11) is 1.69. The summed E-state index contributed by atoms with van der Waals surface area (Å²) in [5, 5.41) is 0. The molecule has 1 saturated heterocycles. The molecule has 5 nitrogen and oxygen atoms in total. The van der Waals surface area contributed by atoms with Crippen molar-refractivity contribution >= 4 is 5.91 Å². The van der Waals surface area contributed by atoms with E-state index in [1.807, 2.05) is 17.0 Å². The summed E-state index contributed by atoms with van der Waals surface area (Å²) in [5.74, 6) is 0.994. The monoisotopic (exact) mass is 325 g/mol. The summed E-state index contributed by atoms with van der Waals surface area (Å²) in [6.45, 7) is 6.24. The highest BCUT2D eigenvalue weighted by molar-refractivity contribution is 5.93. The Balaban J connectivity index is 1.55. The first kappa shape index (κ1) is 16.5. The Kier molecular flexibility index (Phi) is 5.11. The van der Waals surface area contributed by atoms with Gasteiger partial charge in [-0.15, -0.1) is 0 Å². The van der Waals surface area contributed by atoms with Crippen LogP contribution in [0.5, 0.6) is 5.75 Å². The fourth-order valence-corrected chi connectivity index (χ4v) is 3.08. The minimum Gasteiger partial charge on any atom is -0.496 e. The Morgan fingerprint density at radius 2 is 2.00 bits per heavy atom. The maximum Gasteiger partial charge on any atom is 0.255 e. The lowest BCUT2D eigenvalue weighted by atomic mass is 10.1. The highest BCUT2D eigenvalue weighted by Crippen LogP contribution is 2.20. The second-order valence-corrected chi connectivity index (χ2v) is 6.11. The average Bonchev–Trinajstić information content (AvgIpc) is 2.63. The maximum absolute atomic E-state index is 12.4. The van der Waals surface area contributed by atoms with Crippen molar-refractivity contribution in [2.24, 2.45) is 0 Å². The molecule has 1 amide bonds. The van der Waals surface area contributed by atoms with Gasteiger partial charge >= 0.3 is 0 Å². The first-order valence-corrected chi connectivity index (χ1v) is 8.22. The zero-order valence-electron chi connectivity index (χ0n) is 14.2. The van der Waals surface area contributed by atoms with Crippen molar-refractivity contribution in [2.75, 3.05) is 33.3 Å². The number of hydrogen-bond acceptors (Lipinski definition) is 4. The van der Waals surface area contributed by atoms with Crippen LogP contribution in [0.15, 0.2) is 42.7 Å². The summed E-state index contributed by atoms with van der Waals surface area (Å²) >= 11 is 0. The Hall–Kier alpha value is -2.40. The van der Waals surface area contributed by atoms with Crippen LogP contribution in [0.25, 0.3) is 0 Å². The van der Waals surface area contributed by atoms with Crippen molar-refractivity contribution in [1.82, 2.24) is 14.8 Å². The second-order valence-electron chi connectivity index (χ2n) is 6.11. The quantitative estimate of drug-likeness (QED) is 0.866. The molecule has 126 valence electrons. The van der Waals surface area contributed by atoms with Gasteiger partial charge < -0.3 is 9.64 Å². The molecule has 0 atom stereocenters. The van der Waals surface area contributed by atoms with Gasteiger partial charge in [0.25, 0.3) is 5.91 Å². The minimum atomic E-state index is 0.0723. The number of hydrogen-bond donors (Lipinski definition) is 0. The molecule has 0 spiro atoms. The number of rotatable bonds is 4. The van der Waals surface area contributed by atoms with E-state index in [9.17, 15) is 4.79 Å². The average molecular weight is 325 g/mol. The van der Waals surface area contributed by atoms with Crippen molar-refractivity contribution in [3.05, 3.63) is 59.4 Å². The van der Waals surface area contributed by atoms with E-state index in [0.29, 0.717) is 5.56 Å². The third kappa shape index (κ3) is 3.74. The molecule has 1 aromatic heterocycles. The predicted octanol–water partition coefficient (Wildman–Crippen LogP) is 2.36. The Morgan fingerprint density at radius 1 is 1.21 bits per heavy atom. The van der Waals surface area contributed by atoms with Crippen LogP contribution in [0.3, 0.4) is 0 Å². The van der Waals surface area contributed by atoms with E-state index in [1.165, 1.54) is 5.56 Å². The molecule has 0 N–H and O–H groups in total. The number of nitrogens with zero attached hydrogens (tertiary/aromatic N) is 3. The van der Waals surface area contributed by atoms with Gasteiger partial charge in [-0.25, -0.2) is 0 Å². The largest absolute Gasteiger partial charge is 0.496 e. The van der Waals surface area contributed by atoms with Gasteiger partial charge in [-0.05, 0) is 36.2 Å². The van der Waals surface area contributed by atoms with Gasteiger partial charge in [0.2, 0.25) is 0 Å². The van der Waals surface area contributed by atoms with Crippen molar-refractivity contribution in [1.29, 1.82) is 0 Å². The van der Waals surface area contributed by atoms with E-state index in [1.54, 1.807) is 25.6 Å². The highest BCUT2D eigenvalue weighted by atomic mass is 16.5. The number of pyridine rings is 1. The summed E-state index contributed by atoms with van der Waals surface area (Å²) in [6, 6.07) is 9.93. The van der Waals surface area contributed by atoms with Crippen LogP contribution in [0.4, 0.5) is 0 Å². The van der Waals surface area contributed by atoms with Gasteiger partial charge in [-0.3, -0.25) is 14.7 Å². The molecule has 0 saturated carbocycles. The first-order chi connectivity index (χ1) is 11.7. The number of carbonyl (C=O) groups is 1. The molecular formula is C19H23N3O2. The van der Waals surface area contributed by atoms with Gasteiger partial charge in [-0.2, -0.15) is 0 Å². The Labute approximate surface area is 142 Å². The van der Waals surface area contributed by atoms with Crippen molar-refractivity contribution in [3.63, 3.8) is 0 Å². The van der Waals surface area contributed by atoms with E-state index in [-0.39, 0.29) is 5.91 Å². The zero-order valence-corrected chi connectivity index (χ0v) is 14.2. The maximum atomic E-state index is 12.4. The SMILES string of the molecule is COc1ccc(CN2CCN(C(=O)c3cccnc3)CC2)cc1C. The van der Waals surface area contributed by atoms with E-state index in [2.05, 4.69) is 28.9 Å². The molecule has 3 rings (SSSR count). The fraction of sp³-hybridized carbons (Fsp3) is 0.368. The number of piperazine rings is 1. The molecule has 1 aliphatic heterocycles. The van der Waals surface area contributed by atoms with Gasteiger partial charge in [0.1, 0.15) is 5.75 Å². The molecule has 5 heteroatoms. The third-order valence-corrected chi connectivity index (χ3v) is 4.43. The topological polar surface area (TPSA) is 45.7 Å². The molecule has 0 unspecified atom stereocenters. The highest BCUT2D eigenvalue weighted by Gasteiger charge is 2.22. The Bertz CT molecular complexity index is 695. The number of aromatic nitrogens is 1. The van der Waals surface area contributed by atoms with Crippen LogP contribution >= 0.6 is 0 Å². The molecular weight excluding hydrogens is 302 g/mol. The lowest BCUT2D eigenvalue weighted by molar-refractivity contribution is 0.0628. The number of ether oxygens (including phenoxy) is 1. The van der Waals surface area contributed by atoms with E-state index < -0.39 is 0 Å². The molecule has 2 aromatic rings. The molecule has 1 aromatic carbocycles. The van der Waals surface area contributed by atoms with Gasteiger partial charge in [0.15, 0.2) is 0 Å². The molecule has 1 aliphatic rings. The van der Waals surface area contributed by atoms with Gasteiger partial charge in [0, 0.05) is 45.1 Å². The molecule has 1 fully saturated rings. The lowest BCUT2D eigenvalue weighted by Gasteiger charge is -2.34. The number of aryl methyl sites for hydroxylation is 1. The van der Waals surface area contributed by atoms with Crippen molar-refractivity contribution < 1.29 is 9.53 Å². The molecule has 0 bridgehead atoms. The smallest absolute Gasteiger partial charge is 0.255 e. The number of benzene rings is 1. The first-order valence-electron chi connectivity index (χ1n) is 8.22. The van der Waals surface area contributed by atoms with Crippen LogP contribution in [-0.2, 0) is 6.54 Å². The molecule has 24 heavy (non-hydrogen) atoms. The second kappa shape index (κ2) is 7.45. The molecule has 0 aliphatic carbocycles. The standard InChI is InChI=1S/C19H23N3O2/c1-15-12-16(5-6-18(15)24-2)14-21-8-10-22(11-9-21)19(23)17-4-3-7-20-13-17/h3-7,12-13H,8-11,14H2,1-2H3. The molecule has 0 radical (unpaired) electrons. The predicted molar refractivity (Wildman–Crippen MR) is 93.1 cm³/mol. The van der Waals surface area contributed by atoms with Crippen molar-refractivity contribution in [3.8, 4) is 5.75 Å². The summed E-state index contributed by atoms with van der Waals surface area (Å²) < 4.78 is 5.31. The number of carbonyl (C=O) groups excluding carboxylic acids is 1. The van der Waals surface area contributed by atoms with Crippen LogP contribution in [0.1, 0.15) is 21.5 Å². The zero-order chi connectivity index (χ0) is 16.9. The van der Waals surface area contributed by atoms with E-state index >= 15 is 0 Å². The van der Waals surface area contributed by atoms with Gasteiger partial charge in [0.05, 0.1) is 12.7 Å². The Morgan fingerprint density at radius 3 is 2.62 bits per heavy atom. The van der Waals surface area contributed by atoms with Crippen LogP contribution in [-0.4, -0.2) is 54.0 Å². The fourth-order valence-electron chi connectivity index (χ4n) is 3.08. The van der Waals surface area contributed by atoms with Crippen LogP contribution in [0.2, 0.25) is 0 Å². The number of amides is 1.